The minimum absolute atomic E-state index is 0.493. The summed E-state index contributed by atoms with van der Waals surface area (Å²) in [6, 6.07) is 4.49. The van der Waals surface area contributed by atoms with E-state index in [1.165, 1.54) is 25.8 Å². The fourth-order valence-electron chi connectivity index (χ4n) is 2.50. The Labute approximate surface area is 109 Å². The first-order valence-electron chi connectivity index (χ1n) is 6.73. The highest BCUT2D eigenvalue weighted by Gasteiger charge is 2.18. The van der Waals surface area contributed by atoms with Gasteiger partial charge in [0, 0.05) is 11.7 Å². The van der Waals surface area contributed by atoms with E-state index < -0.39 is 0 Å². The van der Waals surface area contributed by atoms with E-state index in [0.717, 1.165) is 12.1 Å². The number of nitrogens with zero attached hydrogens (tertiary/aromatic N) is 2. The quantitative estimate of drug-likeness (QED) is 0.889. The number of hydrogen-bond acceptors (Lipinski definition) is 4. The molecule has 2 heterocycles. The summed E-state index contributed by atoms with van der Waals surface area (Å²) in [6.07, 6.45) is 5.00. The zero-order valence-electron chi connectivity index (χ0n) is 11.4. The van der Waals surface area contributed by atoms with Crippen LogP contribution in [0.3, 0.4) is 0 Å². The van der Waals surface area contributed by atoms with Crippen molar-refractivity contribution in [2.75, 3.05) is 25.9 Å². The molecule has 0 amide bonds. The van der Waals surface area contributed by atoms with Crippen LogP contribution in [-0.4, -0.2) is 36.1 Å². The van der Waals surface area contributed by atoms with Crippen molar-refractivity contribution in [1.82, 2.24) is 9.88 Å². The van der Waals surface area contributed by atoms with Crippen molar-refractivity contribution < 1.29 is 4.74 Å². The predicted octanol–water partition coefficient (Wildman–Crippen LogP) is 2.23. The summed E-state index contributed by atoms with van der Waals surface area (Å²) < 4.78 is 5.73. The molecule has 1 aromatic heterocycles. The number of nitrogens with two attached hydrogens (primary N) is 1. The predicted molar refractivity (Wildman–Crippen MR) is 73.8 cm³/mol. The molecule has 0 bridgehead atoms. The highest BCUT2D eigenvalue weighted by molar-refractivity contribution is 5.46. The van der Waals surface area contributed by atoms with Gasteiger partial charge in [-0.2, -0.15) is 0 Å². The van der Waals surface area contributed by atoms with Gasteiger partial charge in [0.2, 0.25) is 0 Å². The highest BCUT2D eigenvalue weighted by Crippen LogP contribution is 2.21. The lowest BCUT2D eigenvalue weighted by Gasteiger charge is -2.32. The van der Waals surface area contributed by atoms with Crippen LogP contribution in [-0.2, 0) is 0 Å². The second kappa shape index (κ2) is 6.05. The van der Waals surface area contributed by atoms with Gasteiger partial charge in [-0.3, -0.25) is 0 Å². The van der Waals surface area contributed by atoms with E-state index in [2.05, 4.69) is 16.9 Å². The molecule has 1 aliphatic rings. The molecule has 2 N–H and O–H groups in total. The summed E-state index contributed by atoms with van der Waals surface area (Å²) >= 11 is 0. The number of rotatable bonds is 4. The molecule has 4 nitrogen and oxygen atoms in total. The molecule has 4 heteroatoms. The van der Waals surface area contributed by atoms with Crippen LogP contribution < -0.4 is 10.5 Å². The molecular formula is C14H23N3O. The standard InChI is InChI=1S/C14H23N3O/c1-11-6-7-13(14(15)16-11)18-10-8-12-5-3-4-9-17(12)2/h6-7,12H,3-5,8-10H2,1-2H3,(H2,15,16). The minimum Gasteiger partial charge on any atom is -0.490 e. The van der Waals surface area contributed by atoms with Crippen LogP contribution in [0.5, 0.6) is 5.75 Å². The number of anilines is 1. The molecule has 0 spiro atoms. The Hall–Kier alpha value is -1.29. The van der Waals surface area contributed by atoms with Crippen molar-refractivity contribution in [2.24, 2.45) is 0 Å². The number of pyridine rings is 1. The van der Waals surface area contributed by atoms with Gasteiger partial charge < -0.3 is 15.4 Å². The summed E-state index contributed by atoms with van der Waals surface area (Å²) in [5, 5.41) is 0. The molecule has 1 saturated heterocycles. The van der Waals surface area contributed by atoms with E-state index in [0.29, 0.717) is 24.2 Å². The smallest absolute Gasteiger partial charge is 0.166 e. The van der Waals surface area contributed by atoms with Gasteiger partial charge in [-0.05, 0) is 51.9 Å². The highest BCUT2D eigenvalue weighted by atomic mass is 16.5. The molecule has 1 aliphatic heterocycles. The van der Waals surface area contributed by atoms with Gasteiger partial charge in [0.15, 0.2) is 11.6 Å². The van der Waals surface area contributed by atoms with Crippen LogP contribution in [0.25, 0.3) is 0 Å². The maximum Gasteiger partial charge on any atom is 0.166 e. The van der Waals surface area contributed by atoms with Crippen molar-refractivity contribution in [3.05, 3.63) is 17.8 Å². The van der Waals surface area contributed by atoms with Crippen molar-refractivity contribution in [3.63, 3.8) is 0 Å². The van der Waals surface area contributed by atoms with E-state index in [4.69, 9.17) is 10.5 Å². The fourth-order valence-corrected chi connectivity index (χ4v) is 2.50. The van der Waals surface area contributed by atoms with Gasteiger partial charge in [-0.25, -0.2) is 4.98 Å². The lowest BCUT2D eigenvalue weighted by molar-refractivity contribution is 0.153. The van der Waals surface area contributed by atoms with Crippen molar-refractivity contribution >= 4 is 5.82 Å². The summed E-state index contributed by atoms with van der Waals surface area (Å²) in [5.74, 6) is 1.20. The zero-order valence-corrected chi connectivity index (χ0v) is 11.4. The first-order valence-corrected chi connectivity index (χ1v) is 6.73. The van der Waals surface area contributed by atoms with Gasteiger partial charge in [-0.1, -0.05) is 6.42 Å². The average molecular weight is 249 g/mol. The van der Waals surface area contributed by atoms with Gasteiger partial charge in [0.1, 0.15) is 0 Å². The molecule has 1 unspecified atom stereocenters. The Bertz CT molecular complexity index is 395. The minimum atomic E-state index is 0.493. The van der Waals surface area contributed by atoms with E-state index in [-0.39, 0.29) is 0 Å². The Morgan fingerprint density at radius 2 is 2.28 bits per heavy atom. The molecule has 0 aliphatic carbocycles. The third kappa shape index (κ3) is 3.35. The molecule has 1 atom stereocenters. The Kier molecular flexibility index (Phi) is 4.42. The number of ether oxygens (including phenoxy) is 1. The average Bonchev–Trinajstić information content (AvgIpc) is 2.34. The van der Waals surface area contributed by atoms with Gasteiger partial charge in [-0.15, -0.1) is 0 Å². The van der Waals surface area contributed by atoms with Crippen molar-refractivity contribution in [3.8, 4) is 5.75 Å². The first-order chi connectivity index (χ1) is 8.66. The molecule has 2 rings (SSSR count). The Morgan fingerprint density at radius 1 is 1.44 bits per heavy atom. The summed E-state index contributed by atoms with van der Waals surface area (Å²) in [4.78, 5) is 6.63. The van der Waals surface area contributed by atoms with Gasteiger partial charge in [0.25, 0.3) is 0 Å². The molecule has 100 valence electrons. The van der Waals surface area contributed by atoms with Crippen LogP contribution in [0, 0.1) is 6.92 Å². The first kappa shape index (κ1) is 13.1. The van der Waals surface area contributed by atoms with Crippen LogP contribution in [0.1, 0.15) is 31.4 Å². The van der Waals surface area contributed by atoms with Crippen molar-refractivity contribution in [2.45, 2.75) is 38.6 Å². The van der Waals surface area contributed by atoms with E-state index >= 15 is 0 Å². The zero-order chi connectivity index (χ0) is 13.0. The summed E-state index contributed by atoms with van der Waals surface area (Å²) in [5.41, 5.74) is 6.74. The number of hydrogen-bond donors (Lipinski definition) is 1. The van der Waals surface area contributed by atoms with Crippen LogP contribution in [0.4, 0.5) is 5.82 Å². The fraction of sp³-hybridized carbons (Fsp3) is 0.643. The van der Waals surface area contributed by atoms with E-state index in [9.17, 15) is 0 Å². The number of piperidine rings is 1. The van der Waals surface area contributed by atoms with E-state index in [1.54, 1.807) is 0 Å². The third-order valence-corrected chi connectivity index (χ3v) is 3.66. The van der Waals surface area contributed by atoms with Crippen LogP contribution in [0.2, 0.25) is 0 Å². The second-order valence-electron chi connectivity index (χ2n) is 5.10. The van der Waals surface area contributed by atoms with E-state index in [1.807, 2.05) is 19.1 Å². The lowest BCUT2D eigenvalue weighted by atomic mass is 10.0. The Balaban J connectivity index is 1.81. The number of aryl methyl sites for hydroxylation is 1. The van der Waals surface area contributed by atoms with Crippen LogP contribution in [0.15, 0.2) is 12.1 Å². The number of likely N-dealkylation sites (tertiary alicyclic amines) is 1. The lowest BCUT2D eigenvalue weighted by Crippen LogP contribution is -2.37. The number of nitrogen functional groups attached to an aromatic ring is 1. The van der Waals surface area contributed by atoms with Gasteiger partial charge >= 0.3 is 0 Å². The maximum absolute atomic E-state index is 5.82. The molecule has 1 fully saturated rings. The topological polar surface area (TPSA) is 51.4 Å². The summed E-state index contributed by atoms with van der Waals surface area (Å²) in [6.45, 7) is 3.85. The maximum atomic E-state index is 5.82. The monoisotopic (exact) mass is 249 g/mol. The molecule has 0 radical (unpaired) electrons. The van der Waals surface area contributed by atoms with Crippen molar-refractivity contribution in [1.29, 1.82) is 0 Å². The molecule has 1 aromatic rings. The molecule has 0 saturated carbocycles. The second-order valence-corrected chi connectivity index (χ2v) is 5.10. The molecule has 18 heavy (non-hydrogen) atoms. The third-order valence-electron chi connectivity index (χ3n) is 3.66. The largest absolute Gasteiger partial charge is 0.490 e. The molecular weight excluding hydrogens is 226 g/mol. The van der Waals surface area contributed by atoms with Gasteiger partial charge in [0.05, 0.1) is 6.61 Å². The Morgan fingerprint density at radius 3 is 3.00 bits per heavy atom. The number of aromatic nitrogens is 1. The molecule has 0 aromatic carbocycles. The van der Waals surface area contributed by atoms with Crippen LogP contribution >= 0.6 is 0 Å². The normalized spacial score (nSPS) is 20.9. The summed E-state index contributed by atoms with van der Waals surface area (Å²) in [7, 11) is 2.20. The SMILES string of the molecule is Cc1ccc(OCCC2CCCCN2C)c(N)n1.